The van der Waals surface area contributed by atoms with Crippen molar-refractivity contribution >= 4 is 5.91 Å². The fourth-order valence-electron chi connectivity index (χ4n) is 2.89. The van der Waals surface area contributed by atoms with Gasteiger partial charge in [-0.05, 0) is 54.8 Å². The van der Waals surface area contributed by atoms with Crippen molar-refractivity contribution in [3.8, 4) is 5.75 Å². The quantitative estimate of drug-likeness (QED) is 0.695. The summed E-state index contributed by atoms with van der Waals surface area (Å²) in [5, 5.41) is 7.23. The molecule has 0 spiro atoms. The lowest BCUT2D eigenvalue weighted by atomic mass is 10.1. The number of benzene rings is 2. The van der Waals surface area contributed by atoms with E-state index in [1.165, 1.54) is 5.56 Å². The molecule has 0 fully saturated rings. The summed E-state index contributed by atoms with van der Waals surface area (Å²) in [6.07, 6.45) is 1.01. The van der Waals surface area contributed by atoms with Crippen molar-refractivity contribution in [2.75, 3.05) is 0 Å². The summed E-state index contributed by atoms with van der Waals surface area (Å²) in [5.41, 5.74) is 4.77. The second kappa shape index (κ2) is 8.54. The first-order valence-electron chi connectivity index (χ1n) is 9.13. The van der Waals surface area contributed by atoms with Crippen LogP contribution in [0.5, 0.6) is 5.75 Å². The topological polar surface area (TPSA) is 56.1 Å². The maximum Gasteiger partial charge on any atom is 0.251 e. The van der Waals surface area contributed by atoms with Crippen LogP contribution in [0.1, 0.15) is 39.8 Å². The first kappa shape index (κ1) is 18.7. The molecule has 1 heterocycles. The minimum Gasteiger partial charge on any atom is -0.489 e. The predicted octanol–water partition coefficient (Wildman–Crippen LogP) is 3.80. The Bertz CT molecular complexity index is 914. The lowest BCUT2D eigenvalue weighted by Crippen LogP contribution is -2.24. The van der Waals surface area contributed by atoms with Gasteiger partial charge in [-0.2, -0.15) is 5.10 Å². The number of hydrogen-bond donors (Lipinski definition) is 1. The van der Waals surface area contributed by atoms with Gasteiger partial charge in [-0.3, -0.25) is 9.48 Å². The van der Waals surface area contributed by atoms with E-state index in [2.05, 4.69) is 29.5 Å². The summed E-state index contributed by atoms with van der Waals surface area (Å²) in [6.45, 7) is 4.93. The second-order valence-electron chi connectivity index (χ2n) is 6.57. The number of hydrogen-bond acceptors (Lipinski definition) is 3. The molecule has 3 rings (SSSR count). The molecule has 2 aromatic carbocycles. The van der Waals surface area contributed by atoms with Crippen LogP contribution in [-0.4, -0.2) is 15.7 Å². The van der Waals surface area contributed by atoms with Gasteiger partial charge in [-0.1, -0.05) is 31.2 Å². The smallest absolute Gasteiger partial charge is 0.251 e. The minimum absolute atomic E-state index is 0.108. The van der Waals surface area contributed by atoms with Crippen LogP contribution >= 0.6 is 0 Å². The van der Waals surface area contributed by atoms with Crippen molar-refractivity contribution in [3.05, 3.63) is 82.7 Å². The van der Waals surface area contributed by atoms with E-state index in [1.807, 2.05) is 56.4 Å². The molecule has 0 atom stereocenters. The van der Waals surface area contributed by atoms with Crippen LogP contribution in [0, 0.1) is 6.92 Å². The molecule has 0 unspecified atom stereocenters. The number of amides is 1. The lowest BCUT2D eigenvalue weighted by Gasteiger charge is -2.09. The number of aromatic nitrogens is 2. The van der Waals surface area contributed by atoms with Crippen LogP contribution in [0.3, 0.4) is 0 Å². The standard InChI is InChI=1S/C22H25N3O2/c1-4-17-8-10-21(11-9-17)27-15-18-6-5-7-19(13-18)22(26)23-14-20-12-16(2)24-25(20)3/h5-13H,4,14-15H2,1-3H3,(H,23,26). The first-order valence-corrected chi connectivity index (χ1v) is 9.13. The van der Waals surface area contributed by atoms with Gasteiger partial charge in [0.15, 0.2) is 0 Å². The highest BCUT2D eigenvalue weighted by Gasteiger charge is 2.08. The fraction of sp³-hybridized carbons (Fsp3) is 0.273. The van der Waals surface area contributed by atoms with Gasteiger partial charge in [0.05, 0.1) is 17.9 Å². The van der Waals surface area contributed by atoms with E-state index in [0.717, 1.165) is 29.1 Å². The van der Waals surface area contributed by atoms with Crippen molar-refractivity contribution in [2.24, 2.45) is 7.05 Å². The number of rotatable bonds is 7. The minimum atomic E-state index is -0.108. The molecule has 0 aliphatic carbocycles. The van der Waals surface area contributed by atoms with Crippen LogP contribution < -0.4 is 10.1 Å². The average Bonchev–Trinajstić information content (AvgIpc) is 3.02. The van der Waals surface area contributed by atoms with Crippen molar-refractivity contribution in [1.29, 1.82) is 0 Å². The maximum absolute atomic E-state index is 12.5. The molecule has 1 N–H and O–H groups in total. The van der Waals surface area contributed by atoms with Crippen molar-refractivity contribution in [2.45, 2.75) is 33.4 Å². The molecule has 0 saturated heterocycles. The van der Waals surface area contributed by atoms with Gasteiger partial charge in [-0.15, -0.1) is 0 Å². The van der Waals surface area contributed by atoms with E-state index in [0.29, 0.717) is 18.7 Å². The van der Waals surface area contributed by atoms with Crippen LogP contribution in [-0.2, 0) is 26.6 Å². The Kier molecular flexibility index (Phi) is 5.91. The van der Waals surface area contributed by atoms with Crippen molar-refractivity contribution in [1.82, 2.24) is 15.1 Å². The normalized spacial score (nSPS) is 10.6. The van der Waals surface area contributed by atoms with Crippen LogP contribution in [0.4, 0.5) is 0 Å². The number of nitrogens with one attached hydrogen (secondary N) is 1. The number of nitrogens with zero attached hydrogens (tertiary/aromatic N) is 2. The number of ether oxygens (including phenoxy) is 1. The van der Waals surface area contributed by atoms with Crippen LogP contribution in [0.2, 0.25) is 0 Å². The predicted molar refractivity (Wildman–Crippen MR) is 106 cm³/mol. The second-order valence-corrected chi connectivity index (χ2v) is 6.57. The zero-order chi connectivity index (χ0) is 19.2. The Balaban J connectivity index is 1.58. The Morgan fingerprint density at radius 3 is 2.56 bits per heavy atom. The number of carbonyl (C=O) groups is 1. The summed E-state index contributed by atoms with van der Waals surface area (Å²) in [6, 6.07) is 17.6. The average molecular weight is 363 g/mol. The summed E-state index contributed by atoms with van der Waals surface area (Å²) in [4.78, 5) is 12.5. The van der Waals surface area contributed by atoms with E-state index >= 15 is 0 Å². The highest BCUT2D eigenvalue weighted by Crippen LogP contribution is 2.15. The van der Waals surface area contributed by atoms with Gasteiger partial charge >= 0.3 is 0 Å². The highest BCUT2D eigenvalue weighted by atomic mass is 16.5. The molecule has 27 heavy (non-hydrogen) atoms. The van der Waals surface area contributed by atoms with Gasteiger partial charge in [0.25, 0.3) is 5.91 Å². The van der Waals surface area contributed by atoms with Gasteiger partial charge < -0.3 is 10.1 Å². The molecule has 1 aromatic heterocycles. The Morgan fingerprint density at radius 2 is 1.89 bits per heavy atom. The first-order chi connectivity index (χ1) is 13.0. The summed E-state index contributed by atoms with van der Waals surface area (Å²) >= 11 is 0. The highest BCUT2D eigenvalue weighted by molar-refractivity contribution is 5.94. The fourth-order valence-corrected chi connectivity index (χ4v) is 2.89. The molecule has 0 aliphatic heterocycles. The molecule has 1 amide bonds. The molecule has 140 valence electrons. The van der Waals surface area contributed by atoms with E-state index < -0.39 is 0 Å². The van der Waals surface area contributed by atoms with Crippen molar-refractivity contribution < 1.29 is 9.53 Å². The van der Waals surface area contributed by atoms with Gasteiger partial charge in [0.2, 0.25) is 0 Å². The van der Waals surface area contributed by atoms with Crippen LogP contribution in [0.25, 0.3) is 0 Å². The third-order valence-electron chi connectivity index (χ3n) is 4.46. The van der Waals surface area contributed by atoms with Gasteiger partial charge in [-0.25, -0.2) is 0 Å². The van der Waals surface area contributed by atoms with E-state index in [9.17, 15) is 4.79 Å². The summed E-state index contributed by atoms with van der Waals surface area (Å²) < 4.78 is 7.61. The summed E-state index contributed by atoms with van der Waals surface area (Å²) in [5.74, 6) is 0.719. The molecule has 3 aromatic rings. The van der Waals surface area contributed by atoms with E-state index in [4.69, 9.17) is 4.74 Å². The van der Waals surface area contributed by atoms with Crippen molar-refractivity contribution in [3.63, 3.8) is 0 Å². The Labute approximate surface area is 160 Å². The SMILES string of the molecule is CCc1ccc(OCc2cccc(C(=O)NCc3cc(C)nn3C)c2)cc1. The maximum atomic E-state index is 12.5. The molecular weight excluding hydrogens is 338 g/mol. The molecule has 0 aliphatic rings. The molecule has 5 nitrogen and oxygen atoms in total. The Morgan fingerprint density at radius 1 is 1.11 bits per heavy atom. The number of aryl methyl sites for hydroxylation is 3. The lowest BCUT2D eigenvalue weighted by molar-refractivity contribution is 0.0950. The van der Waals surface area contributed by atoms with E-state index in [-0.39, 0.29) is 5.91 Å². The number of carbonyl (C=O) groups excluding carboxylic acids is 1. The Hall–Kier alpha value is -3.08. The van der Waals surface area contributed by atoms with E-state index in [1.54, 1.807) is 4.68 Å². The molecule has 5 heteroatoms. The third kappa shape index (κ3) is 4.97. The van der Waals surface area contributed by atoms with Crippen LogP contribution in [0.15, 0.2) is 54.6 Å². The zero-order valence-electron chi connectivity index (χ0n) is 16.0. The molecule has 0 saturated carbocycles. The zero-order valence-corrected chi connectivity index (χ0v) is 16.0. The monoisotopic (exact) mass is 363 g/mol. The molecule has 0 radical (unpaired) electrons. The third-order valence-corrected chi connectivity index (χ3v) is 4.46. The van der Waals surface area contributed by atoms with Gasteiger partial charge in [0, 0.05) is 12.6 Å². The molecular formula is C22H25N3O2. The molecule has 0 bridgehead atoms. The summed E-state index contributed by atoms with van der Waals surface area (Å²) in [7, 11) is 1.87. The largest absolute Gasteiger partial charge is 0.489 e. The van der Waals surface area contributed by atoms with Gasteiger partial charge in [0.1, 0.15) is 12.4 Å².